The van der Waals surface area contributed by atoms with E-state index < -0.39 is 5.82 Å². The maximum absolute atomic E-state index is 13.6. The number of benzene rings is 2. The quantitative estimate of drug-likeness (QED) is 0.747. The van der Waals surface area contributed by atoms with E-state index in [9.17, 15) is 9.18 Å². The molecule has 2 rings (SSSR count). The zero-order valence-corrected chi connectivity index (χ0v) is 11.2. The first-order valence-corrected chi connectivity index (χ1v) is 6.46. The zero-order valence-electron chi connectivity index (χ0n) is 11.2. The van der Waals surface area contributed by atoms with Crippen molar-refractivity contribution in [3.8, 4) is 0 Å². The molecule has 0 atom stereocenters. The molecule has 19 heavy (non-hydrogen) atoms. The summed E-state index contributed by atoms with van der Waals surface area (Å²) in [7, 11) is 0. The lowest BCUT2D eigenvalue weighted by molar-refractivity contribution is 0.103. The normalized spacial score (nSPS) is 10.7. The summed E-state index contributed by atoms with van der Waals surface area (Å²) in [6, 6.07) is 13.5. The summed E-state index contributed by atoms with van der Waals surface area (Å²) in [4.78, 5) is 12.3. The molecule has 0 saturated heterocycles. The number of carbonyl (C=O) groups excluding carboxylic acids is 1. The molecule has 0 spiro atoms. The minimum atomic E-state index is -0.471. The predicted molar refractivity (Wildman–Crippen MR) is 74.8 cm³/mol. The second-order valence-electron chi connectivity index (χ2n) is 5.11. The predicted octanol–water partition coefficient (Wildman–Crippen LogP) is 4.26. The third-order valence-corrected chi connectivity index (χ3v) is 2.95. The van der Waals surface area contributed by atoms with Gasteiger partial charge in [-0.05, 0) is 36.1 Å². The van der Waals surface area contributed by atoms with Crippen molar-refractivity contribution in [2.75, 3.05) is 0 Å². The highest BCUT2D eigenvalue weighted by atomic mass is 19.1. The number of rotatable bonds is 4. The van der Waals surface area contributed by atoms with Crippen LogP contribution in [0.15, 0.2) is 48.5 Å². The number of carbonyl (C=O) groups is 1. The van der Waals surface area contributed by atoms with Crippen molar-refractivity contribution in [1.29, 1.82) is 0 Å². The summed E-state index contributed by atoms with van der Waals surface area (Å²) in [5, 5.41) is 0. The molecule has 0 heterocycles. The Morgan fingerprint density at radius 1 is 1.11 bits per heavy atom. The first kappa shape index (κ1) is 13.5. The van der Waals surface area contributed by atoms with Crippen molar-refractivity contribution in [1.82, 2.24) is 0 Å². The Morgan fingerprint density at radius 2 is 1.84 bits per heavy atom. The van der Waals surface area contributed by atoms with Crippen LogP contribution in [0.4, 0.5) is 4.39 Å². The van der Waals surface area contributed by atoms with Crippen molar-refractivity contribution >= 4 is 5.78 Å². The van der Waals surface area contributed by atoms with E-state index in [0.29, 0.717) is 11.5 Å². The van der Waals surface area contributed by atoms with Gasteiger partial charge in [0.1, 0.15) is 5.82 Å². The highest BCUT2D eigenvalue weighted by Crippen LogP contribution is 2.16. The number of ketones is 1. The molecule has 0 bridgehead atoms. The fourth-order valence-corrected chi connectivity index (χ4v) is 2.11. The molecule has 1 nitrogen and oxygen atoms in total. The van der Waals surface area contributed by atoms with Crippen LogP contribution in [0.25, 0.3) is 0 Å². The van der Waals surface area contributed by atoms with Crippen LogP contribution < -0.4 is 0 Å². The van der Waals surface area contributed by atoms with Crippen LogP contribution in [0.3, 0.4) is 0 Å². The van der Waals surface area contributed by atoms with Gasteiger partial charge in [-0.15, -0.1) is 0 Å². The topological polar surface area (TPSA) is 17.1 Å². The molecule has 2 heteroatoms. The van der Waals surface area contributed by atoms with Gasteiger partial charge < -0.3 is 0 Å². The molecule has 0 amide bonds. The van der Waals surface area contributed by atoms with Crippen LogP contribution in [-0.2, 0) is 6.42 Å². The highest BCUT2D eigenvalue weighted by molar-refractivity contribution is 6.09. The van der Waals surface area contributed by atoms with E-state index >= 15 is 0 Å². The van der Waals surface area contributed by atoms with E-state index in [1.54, 1.807) is 18.2 Å². The van der Waals surface area contributed by atoms with E-state index in [2.05, 4.69) is 13.8 Å². The van der Waals surface area contributed by atoms with Gasteiger partial charge >= 0.3 is 0 Å². The Balaban J connectivity index is 2.32. The maximum Gasteiger partial charge on any atom is 0.195 e. The summed E-state index contributed by atoms with van der Waals surface area (Å²) < 4.78 is 13.6. The number of hydrogen-bond donors (Lipinski definition) is 0. The van der Waals surface area contributed by atoms with E-state index in [4.69, 9.17) is 0 Å². The summed E-state index contributed by atoms with van der Waals surface area (Å²) >= 11 is 0. The Hall–Kier alpha value is -1.96. The molecule has 0 unspecified atom stereocenters. The van der Waals surface area contributed by atoms with E-state index in [-0.39, 0.29) is 11.3 Å². The monoisotopic (exact) mass is 256 g/mol. The minimum Gasteiger partial charge on any atom is -0.288 e. The Morgan fingerprint density at radius 3 is 2.53 bits per heavy atom. The standard InChI is InChI=1S/C17H17FO/c1-12(2)10-13-6-5-7-14(11-13)17(19)15-8-3-4-9-16(15)18/h3-9,11-12H,10H2,1-2H3. The van der Waals surface area contributed by atoms with Crippen molar-refractivity contribution < 1.29 is 9.18 Å². The summed E-state index contributed by atoms with van der Waals surface area (Å²) in [5.41, 5.74) is 1.78. The van der Waals surface area contributed by atoms with Gasteiger partial charge in [0.05, 0.1) is 5.56 Å². The molecule has 98 valence electrons. The van der Waals surface area contributed by atoms with Crippen LogP contribution in [0.2, 0.25) is 0 Å². The molecular weight excluding hydrogens is 239 g/mol. The van der Waals surface area contributed by atoms with Crippen LogP contribution in [0.1, 0.15) is 35.3 Å². The van der Waals surface area contributed by atoms with Crippen molar-refractivity contribution in [2.24, 2.45) is 5.92 Å². The molecule has 0 aliphatic carbocycles. The fourth-order valence-electron chi connectivity index (χ4n) is 2.11. The van der Waals surface area contributed by atoms with Gasteiger partial charge in [-0.25, -0.2) is 4.39 Å². The molecule has 0 radical (unpaired) electrons. The average Bonchev–Trinajstić information content (AvgIpc) is 2.38. The van der Waals surface area contributed by atoms with Crippen molar-refractivity contribution in [3.63, 3.8) is 0 Å². The van der Waals surface area contributed by atoms with Crippen LogP contribution in [0.5, 0.6) is 0 Å². The smallest absolute Gasteiger partial charge is 0.195 e. The molecule has 2 aromatic rings. The van der Waals surface area contributed by atoms with Crippen LogP contribution in [0, 0.1) is 11.7 Å². The molecule has 0 aliphatic rings. The maximum atomic E-state index is 13.6. The minimum absolute atomic E-state index is 0.129. The Kier molecular flexibility index (Phi) is 4.10. The summed E-state index contributed by atoms with van der Waals surface area (Å²) in [6.07, 6.45) is 0.915. The highest BCUT2D eigenvalue weighted by Gasteiger charge is 2.13. The summed E-state index contributed by atoms with van der Waals surface area (Å²) in [5.74, 6) is -0.204. The second-order valence-corrected chi connectivity index (χ2v) is 5.11. The lowest BCUT2D eigenvalue weighted by Gasteiger charge is -2.07. The molecule has 0 saturated carbocycles. The fraction of sp³-hybridized carbons (Fsp3) is 0.235. The van der Waals surface area contributed by atoms with Crippen molar-refractivity contribution in [3.05, 3.63) is 71.0 Å². The van der Waals surface area contributed by atoms with Crippen LogP contribution >= 0.6 is 0 Å². The molecule has 2 aromatic carbocycles. The van der Waals surface area contributed by atoms with Gasteiger partial charge in [0, 0.05) is 5.56 Å². The van der Waals surface area contributed by atoms with E-state index in [1.807, 2.05) is 18.2 Å². The van der Waals surface area contributed by atoms with Gasteiger partial charge in [-0.3, -0.25) is 4.79 Å². The van der Waals surface area contributed by atoms with Crippen LogP contribution in [-0.4, -0.2) is 5.78 Å². The Bertz CT molecular complexity index is 587. The van der Waals surface area contributed by atoms with E-state index in [0.717, 1.165) is 12.0 Å². The molecule has 0 fully saturated rings. The summed E-state index contributed by atoms with van der Waals surface area (Å²) in [6.45, 7) is 4.26. The van der Waals surface area contributed by atoms with Gasteiger partial charge in [0.25, 0.3) is 0 Å². The van der Waals surface area contributed by atoms with E-state index in [1.165, 1.54) is 12.1 Å². The first-order chi connectivity index (χ1) is 9.08. The molecular formula is C17H17FO. The zero-order chi connectivity index (χ0) is 13.8. The van der Waals surface area contributed by atoms with Crippen molar-refractivity contribution in [2.45, 2.75) is 20.3 Å². The average molecular weight is 256 g/mol. The third-order valence-electron chi connectivity index (χ3n) is 2.95. The third kappa shape index (κ3) is 3.28. The molecule has 0 aromatic heterocycles. The van der Waals surface area contributed by atoms with Gasteiger partial charge in [0.15, 0.2) is 5.78 Å². The molecule has 0 aliphatic heterocycles. The van der Waals surface area contributed by atoms with Gasteiger partial charge in [-0.1, -0.05) is 44.2 Å². The number of hydrogen-bond acceptors (Lipinski definition) is 1. The lowest BCUT2D eigenvalue weighted by atomic mass is 9.97. The first-order valence-electron chi connectivity index (χ1n) is 6.46. The van der Waals surface area contributed by atoms with Gasteiger partial charge in [0.2, 0.25) is 0 Å². The SMILES string of the molecule is CC(C)Cc1cccc(C(=O)c2ccccc2F)c1. The molecule has 0 N–H and O–H groups in total. The number of halogens is 1. The lowest BCUT2D eigenvalue weighted by Crippen LogP contribution is -2.05. The van der Waals surface area contributed by atoms with Gasteiger partial charge in [-0.2, -0.15) is 0 Å². The largest absolute Gasteiger partial charge is 0.288 e. The second kappa shape index (κ2) is 5.79. The Labute approximate surface area is 113 Å².